The Bertz CT molecular complexity index is 181. The Morgan fingerprint density at radius 1 is 1.08 bits per heavy atom. The van der Waals surface area contributed by atoms with Gasteiger partial charge in [-0.1, -0.05) is 0 Å². The van der Waals surface area contributed by atoms with Crippen LogP contribution in [0.25, 0.3) is 0 Å². The van der Waals surface area contributed by atoms with Crippen LogP contribution in [0.4, 0.5) is 0 Å². The number of hydrogen-bond donors (Lipinski definition) is 0. The molecule has 0 aromatic carbocycles. The van der Waals surface area contributed by atoms with Crippen molar-refractivity contribution in [1.29, 1.82) is 0 Å². The van der Waals surface area contributed by atoms with Gasteiger partial charge in [0, 0.05) is 0 Å². The van der Waals surface area contributed by atoms with Crippen LogP contribution >= 0.6 is 0 Å². The minimum atomic E-state index is -0.0526. The lowest BCUT2D eigenvalue weighted by molar-refractivity contribution is -0.932. The smallest absolute Gasteiger partial charge is 0.362 e. The van der Waals surface area contributed by atoms with Crippen molar-refractivity contribution in [3.8, 4) is 0 Å². The summed E-state index contributed by atoms with van der Waals surface area (Å²) in [6.07, 6.45) is 0. The van der Waals surface area contributed by atoms with E-state index in [9.17, 15) is 4.79 Å². The van der Waals surface area contributed by atoms with Gasteiger partial charge in [-0.25, -0.2) is 4.79 Å². The third kappa shape index (κ3) is 1.44. The van der Waals surface area contributed by atoms with Gasteiger partial charge >= 0.3 is 5.97 Å². The monoisotopic (exact) mass is 172 g/mol. The van der Waals surface area contributed by atoms with E-state index < -0.39 is 0 Å². The summed E-state index contributed by atoms with van der Waals surface area (Å²) in [6, 6.07) is 0. The molecule has 2 fully saturated rings. The fourth-order valence-electron chi connectivity index (χ4n) is 1.86. The van der Waals surface area contributed by atoms with Gasteiger partial charge in [0.2, 0.25) is 0 Å². The third-order valence-electron chi connectivity index (χ3n) is 2.71. The van der Waals surface area contributed by atoms with Crippen LogP contribution in [0, 0.1) is 0 Å². The average Bonchev–Trinajstić information content (AvgIpc) is 2.05. The van der Waals surface area contributed by atoms with Crippen LogP contribution in [0.5, 0.6) is 0 Å². The predicted molar refractivity (Wildman–Crippen MR) is 41.5 cm³/mol. The molecule has 0 unspecified atom stereocenters. The molecule has 2 saturated heterocycles. The van der Waals surface area contributed by atoms with E-state index in [-0.39, 0.29) is 5.97 Å². The molecule has 4 heteroatoms. The molecule has 0 aliphatic carbocycles. The first-order valence-electron chi connectivity index (χ1n) is 4.39. The molecule has 0 N–H and O–H groups in total. The van der Waals surface area contributed by atoms with Crippen molar-refractivity contribution in [1.82, 2.24) is 0 Å². The Kier molecular flexibility index (Phi) is 2.02. The number of hydrogen-bond acceptors (Lipinski definition) is 3. The Morgan fingerprint density at radius 3 is 2.42 bits per heavy atom. The van der Waals surface area contributed by atoms with Crippen LogP contribution in [-0.4, -0.2) is 56.5 Å². The lowest BCUT2D eigenvalue weighted by Crippen LogP contribution is -2.61. The van der Waals surface area contributed by atoms with Crippen LogP contribution < -0.4 is 0 Å². The van der Waals surface area contributed by atoms with Crippen molar-refractivity contribution < 1.29 is 18.8 Å². The summed E-state index contributed by atoms with van der Waals surface area (Å²) in [7, 11) is 0. The molecule has 2 rings (SSSR count). The molecule has 0 atom stereocenters. The first kappa shape index (κ1) is 8.01. The fourth-order valence-corrected chi connectivity index (χ4v) is 1.86. The topological polar surface area (TPSA) is 35.5 Å². The van der Waals surface area contributed by atoms with Crippen LogP contribution in [0.3, 0.4) is 0 Å². The summed E-state index contributed by atoms with van der Waals surface area (Å²) in [5, 5.41) is 0. The zero-order valence-electron chi connectivity index (χ0n) is 7.12. The van der Waals surface area contributed by atoms with E-state index in [0.29, 0.717) is 13.2 Å². The number of esters is 1. The molecule has 2 aliphatic rings. The zero-order chi connectivity index (χ0) is 8.44. The molecule has 0 amide bonds. The van der Waals surface area contributed by atoms with Crippen LogP contribution in [-0.2, 0) is 14.3 Å². The third-order valence-corrected chi connectivity index (χ3v) is 2.71. The van der Waals surface area contributed by atoms with Gasteiger partial charge in [0.05, 0.1) is 13.2 Å². The summed E-state index contributed by atoms with van der Waals surface area (Å²) in [4.78, 5) is 11.1. The number of quaternary nitrogens is 1. The summed E-state index contributed by atoms with van der Waals surface area (Å²) in [6.45, 7) is 5.60. The first-order valence-corrected chi connectivity index (χ1v) is 4.39. The molecule has 0 bridgehead atoms. The van der Waals surface area contributed by atoms with Gasteiger partial charge in [0.25, 0.3) is 0 Å². The highest BCUT2D eigenvalue weighted by molar-refractivity contribution is 5.71. The molecule has 2 aliphatic heterocycles. The second-order valence-corrected chi connectivity index (χ2v) is 3.50. The SMILES string of the molecule is O=C1C[N+]2(CCOCC2)CCO1. The van der Waals surface area contributed by atoms with Crippen LogP contribution in [0.1, 0.15) is 0 Å². The summed E-state index contributed by atoms with van der Waals surface area (Å²) < 4.78 is 11.1. The van der Waals surface area contributed by atoms with Crippen molar-refractivity contribution in [2.75, 3.05) is 46.0 Å². The van der Waals surface area contributed by atoms with E-state index in [1.165, 1.54) is 0 Å². The summed E-state index contributed by atoms with van der Waals surface area (Å²) in [5.41, 5.74) is 0. The number of rotatable bonds is 0. The Labute approximate surface area is 71.6 Å². The van der Waals surface area contributed by atoms with Crippen molar-refractivity contribution in [2.45, 2.75) is 0 Å². The second-order valence-electron chi connectivity index (χ2n) is 3.50. The summed E-state index contributed by atoms with van der Waals surface area (Å²) >= 11 is 0. The van der Waals surface area contributed by atoms with Gasteiger partial charge in [-0.3, -0.25) is 0 Å². The molecule has 12 heavy (non-hydrogen) atoms. The Morgan fingerprint density at radius 2 is 1.75 bits per heavy atom. The average molecular weight is 172 g/mol. The highest BCUT2D eigenvalue weighted by atomic mass is 16.5. The minimum Gasteiger partial charge on any atom is -0.456 e. The van der Waals surface area contributed by atoms with Gasteiger partial charge in [0.1, 0.15) is 26.2 Å². The van der Waals surface area contributed by atoms with E-state index in [4.69, 9.17) is 9.47 Å². The first-order chi connectivity index (χ1) is 5.81. The number of nitrogens with zero attached hydrogens (tertiary/aromatic N) is 1. The van der Waals surface area contributed by atoms with Crippen molar-refractivity contribution in [2.24, 2.45) is 0 Å². The fraction of sp³-hybridized carbons (Fsp3) is 0.875. The van der Waals surface area contributed by atoms with Crippen LogP contribution in [0.2, 0.25) is 0 Å². The molecule has 0 saturated carbocycles. The largest absolute Gasteiger partial charge is 0.456 e. The minimum absolute atomic E-state index is 0.0526. The molecule has 1 spiro atoms. The number of carbonyl (C=O) groups is 1. The molecule has 0 radical (unpaired) electrons. The second kappa shape index (κ2) is 3.03. The van der Waals surface area contributed by atoms with E-state index in [0.717, 1.165) is 37.3 Å². The maximum Gasteiger partial charge on any atom is 0.362 e. The van der Waals surface area contributed by atoms with E-state index >= 15 is 0 Å². The number of carbonyl (C=O) groups excluding carboxylic acids is 1. The van der Waals surface area contributed by atoms with Crippen molar-refractivity contribution in [3.63, 3.8) is 0 Å². The molecular weight excluding hydrogens is 158 g/mol. The molecule has 0 aromatic heterocycles. The van der Waals surface area contributed by atoms with Gasteiger partial charge in [-0.05, 0) is 0 Å². The highest BCUT2D eigenvalue weighted by Gasteiger charge is 2.36. The van der Waals surface area contributed by atoms with Gasteiger partial charge in [0.15, 0.2) is 6.54 Å². The summed E-state index contributed by atoms with van der Waals surface area (Å²) in [5.74, 6) is -0.0526. The van der Waals surface area contributed by atoms with E-state index in [1.54, 1.807) is 0 Å². The molecular formula is C8H14NO3+. The molecule has 4 nitrogen and oxygen atoms in total. The maximum atomic E-state index is 11.1. The number of morpholine rings is 2. The van der Waals surface area contributed by atoms with Gasteiger partial charge < -0.3 is 14.0 Å². The normalized spacial score (nSPS) is 28.5. The predicted octanol–water partition coefficient (Wildman–Crippen LogP) is -0.610. The lowest BCUT2D eigenvalue weighted by Gasteiger charge is -2.42. The lowest BCUT2D eigenvalue weighted by atomic mass is 10.2. The highest BCUT2D eigenvalue weighted by Crippen LogP contribution is 2.14. The number of ether oxygens (including phenoxy) is 2. The van der Waals surface area contributed by atoms with E-state index in [2.05, 4.69) is 0 Å². The van der Waals surface area contributed by atoms with Crippen LogP contribution in [0.15, 0.2) is 0 Å². The molecule has 0 aromatic rings. The molecule has 68 valence electrons. The van der Waals surface area contributed by atoms with E-state index in [1.807, 2.05) is 0 Å². The van der Waals surface area contributed by atoms with Crippen molar-refractivity contribution in [3.05, 3.63) is 0 Å². The number of cyclic esters (lactones) is 1. The molecule has 2 heterocycles. The van der Waals surface area contributed by atoms with Crippen molar-refractivity contribution >= 4 is 5.97 Å². The standard InChI is InChI=1S/C8H14NO3/c10-8-7-9(3-6-12-8)1-4-11-5-2-9/h1-7H2/q+1. The Hall–Kier alpha value is -0.610. The zero-order valence-corrected chi connectivity index (χ0v) is 7.12. The van der Waals surface area contributed by atoms with Gasteiger partial charge in [-0.2, -0.15) is 0 Å². The quantitative estimate of drug-likeness (QED) is 0.361. The van der Waals surface area contributed by atoms with Gasteiger partial charge in [-0.15, -0.1) is 0 Å². The Balaban J connectivity index is 2.02. The maximum absolute atomic E-state index is 11.1.